The van der Waals surface area contributed by atoms with Crippen molar-refractivity contribution in [1.82, 2.24) is 9.78 Å². The highest BCUT2D eigenvalue weighted by Gasteiger charge is 2.30. The van der Waals surface area contributed by atoms with Gasteiger partial charge in [0.25, 0.3) is 5.91 Å². The molecule has 0 aliphatic heterocycles. The number of carbonyl (C=O) groups excluding carboxylic acids is 1. The van der Waals surface area contributed by atoms with Crippen molar-refractivity contribution in [2.24, 2.45) is 0 Å². The summed E-state index contributed by atoms with van der Waals surface area (Å²) in [4.78, 5) is 12.2. The molecule has 128 valence electrons. The van der Waals surface area contributed by atoms with Crippen LogP contribution in [0.4, 0.5) is 19.0 Å². The van der Waals surface area contributed by atoms with Gasteiger partial charge in [0.05, 0.1) is 21.8 Å². The molecule has 0 atom stereocenters. The lowest BCUT2D eigenvalue weighted by molar-refractivity contribution is -0.137. The van der Waals surface area contributed by atoms with Gasteiger partial charge in [-0.15, -0.1) is 0 Å². The monoisotopic (exact) mass is 365 g/mol. The van der Waals surface area contributed by atoms with Gasteiger partial charge in [0, 0.05) is 12.3 Å². The Morgan fingerprint density at radius 3 is 2.56 bits per heavy atom. The van der Waals surface area contributed by atoms with E-state index in [2.05, 4.69) is 10.4 Å². The van der Waals surface area contributed by atoms with Crippen LogP contribution in [0.3, 0.4) is 0 Å². The first-order valence-corrected chi connectivity index (χ1v) is 7.51. The second-order valence-electron chi connectivity index (χ2n) is 5.13. The van der Waals surface area contributed by atoms with E-state index in [0.717, 1.165) is 12.1 Å². The molecule has 0 aliphatic carbocycles. The average Bonchev–Trinajstić information content (AvgIpc) is 3.03. The molecular formula is C17H11ClF3N3O. The van der Waals surface area contributed by atoms with E-state index in [9.17, 15) is 18.0 Å². The van der Waals surface area contributed by atoms with E-state index in [1.165, 1.54) is 29.1 Å². The van der Waals surface area contributed by atoms with Crippen molar-refractivity contribution in [3.05, 3.63) is 76.9 Å². The normalized spacial score (nSPS) is 11.4. The molecule has 0 unspecified atom stereocenters. The number of aromatic nitrogens is 2. The van der Waals surface area contributed by atoms with Gasteiger partial charge in [0.2, 0.25) is 0 Å². The number of hydrogen-bond acceptors (Lipinski definition) is 2. The quantitative estimate of drug-likeness (QED) is 0.725. The highest BCUT2D eigenvalue weighted by Crippen LogP contribution is 2.30. The molecule has 0 spiro atoms. The highest BCUT2D eigenvalue weighted by molar-refractivity contribution is 6.34. The maximum absolute atomic E-state index is 12.8. The summed E-state index contributed by atoms with van der Waals surface area (Å²) in [5.41, 5.74) is -0.270. The molecule has 8 heteroatoms. The second-order valence-corrected chi connectivity index (χ2v) is 5.53. The Kier molecular flexibility index (Phi) is 4.50. The number of hydrogen-bond donors (Lipinski definition) is 1. The first-order valence-electron chi connectivity index (χ1n) is 7.14. The van der Waals surface area contributed by atoms with Gasteiger partial charge in [0.15, 0.2) is 5.82 Å². The lowest BCUT2D eigenvalue weighted by Crippen LogP contribution is -2.13. The number of nitrogens with zero attached hydrogens (tertiary/aromatic N) is 2. The van der Waals surface area contributed by atoms with Gasteiger partial charge in [-0.05, 0) is 30.3 Å². The molecule has 1 amide bonds. The Hall–Kier alpha value is -2.80. The van der Waals surface area contributed by atoms with Crippen molar-refractivity contribution < 1.29 is 18.0 Å². The third kappa shape index (κ3) is 3.83. The van der Waals surface area contributed by atoms with Crippen LogP contribution in [0.5, 0.6) is 0 Å². The summed E-state index contributed by atoms with van der Waals surface area (Å²) in [6, 6.07) is 12.7. The van der Waals surface area contributed by atoms with Crippen LogP contribution >= 0.6 is 11.6 Å². The molecule has 0 fully saturated rings. The average molecular weight is 366 g/mol. The Morgan fingerprint density at radius 1 is 1.08 bits per heavy atom. The molecule has 0 aliphatic rings. The number of halogens is 4. The highest BCUT2D eigenvalue weighted by atomic mass is 35.5. The standard InChI is InChI=1S/C17H11ClF3N3O/c18-14-7-2-1-6-13(14)16(25)22-15-8-9-24(23-15)12-5-3-4-11(10-12)17(19,20)21/h1-10H,(H,22,23,25). The maximum Gasteiger partial charge on any atom is 0.416 e. The summed E-state index contributed by atoms with van der Waals surface area (Å²) in [5.74, 6) is -0.262. The molecule has 0 radical (unpaired) electrons. The number of nitrogens with one attached hydrogen (secondary N) is 1. The fraction of sp³-hybridized carbons (Fsp3) is 0.0588. The first kappa shape index (κ1) is 17.0. The van der Waals surface area contributed by atoms with E-state index in [1.54, 1.807) is 24.3 Å². The number of benzene rings is 2. The summed E-state index contributed by atoms with van der Waals surface area (Å²) in [6.45, 7) is 0. The molecule has 0 bridgehead atoms. The van der Waals surface area contributed by atoms with Gasteiger partial charge < -0.3 is 5.32 Å². The Bertz CT molecular complexity index is 921. The number of anilines is 1. The van der Waals surface area contributed by atoms with Gasteiger partial charge in [-0.2, -0.15) is 18.3 Å². The number of amides is 1. The molecule has 1 N–H and O–H groups in total. The summed E-state index contributed by atoms with van der Waals surface area (Å²) in [7, 11) is 0. The van der Waals surface area contributed by atoms with Crippen molar-refractivity contribution in [3.8, 4) is 5.69 Å². The van der Waals surface area contributed by atoms with E-state index in [1.807, 2.05) is 0 Å². The third-order valence-electron chi connectivity index (χ3n) is 3.39. The maximum atomic E-state index is 12.8. The third-order valence-corrected chi connectivity index (χ3v) is 3.72. The van der Waals surface area contributed by atoms with E-state index < -0.39 is 17.6 Å². The molecule has 3 rings (SSSR count). The van der Waals surface area contributed by atoms with Gasteiger partial charge in [-0.1, -0.05) is 29.8 Å². The number of alkyl halides is 3. The molecule has 0 saturated heterocycles. The van der Waals surface area contributed by atoms with E-state index in [-0.39, 0.29) is 22.1 Å². The van der Waals surface area contributed by atoms with Crippen LogP contribution in [0.1, 0.15) is 15.9 Å². The van der Waals surface area contributed by atoms with Crippen LogP contribution in [-0.2, 0) is 6.18 Å². The molecule has 4 nitrogen and oxygen atoms in total. The predicted octanol–water partition coefficient (Wildman–Crippen LogP) is 4.80. The summed E-state index contributed by atoms with van der Waals surface area (Å²) < 4.78 is 39.6. The zero-order valence-electron chi connectivity index (χ0n) is 12.6. The topological polar surface area (TPSA) is 46.9 Å². The Balaban J connectivity index is 1.82. The molecule has 1 heterocycles. The summed E-state index contributed by atoms with van der Waals surface area (Å²) in [5, 5.41) is 6.92. The Labute approximate surface area is 145 Å². The number of rotatable bonds is 3. The van der Waals surface area contributed by atoms with Gasteiger partial charge in [-0.3, -0.25) is 4.79 Å². The SMILES string of the molecule is O=C(Nc1ccn(-c2cccc(C(F)(F)F)c2)n1)c1ccccc1Cl. The lowest BCUT2D eigenvalue weighted by atomic mass is 10.2. The molecule has 1 aromatic heterocycles. The first-order chi connectivity index (χ1) is 11.8. The Morgan fingerprint density at radius 2 is 1.84 bits per heavy atom. The molecular weight excluding hydrogens is 355 g/mol. The molecule has 3 aromatic rings. The minimum Gasteiger partial charge on any atom is -0.305 e. The van der Waals surface area contributed by atoms with E-state index >= 15 is 0 Å². The number of carbonyl (C=O) groups is 1. The van der Waals surface area contributed by atoms with Crippen molar-refractivity contribution in [3.63, 3.8) is 0 Å². The van der Waals surface area contributed by atoms with Crippen LogP contribution < -0.4 is 5.32 Å². The van der Waals surface area contributed by atoms with Crippen molar-refractivity contribution in [2.45, 2.75) is 6.18 Å². The molecule has 0 saturated carbocycles. The van der Waals surface area contributed by atoms with E-state index in [0.29, 0.717) is 0 Å². The van der Waals surface area contributed by atoms with Crippen LogP contribution in [-0.4, -0.2) is 15.7 Å². The zero-order chi connectivity index (χ0) is 18.0. The van der Waals surface area contributed by atoms with Crippen LogP contribution in [0.2, 0.25) is 5.02 Å². The predicted molar refractivity (Wildman–Crippen MR) is 88.0 cm³/mol. The molecule has 2 aromatic carbocycles. The van der Waals surface area contributed by atoms with E-state index in [4.69, 9.17) is 11.6 Å². The van der Waals surface area contributed by atoms with Gasteiger partial charge >= 0.3 is 6.18 Å². The van der Waals surface area contributed by atoms with Crippen molar-refractivity contribution >= 4 is 23.3 Å². The zero-order valence-corrected chi connectivity index (χ0v) is 13.3. The van der Waals surface area contributed by atoms with Gasteiger partial charge in [-0.25, -0.2) is 4.68 Å². The summed E-state index contributed by atoms with van der Waals surface area (Å²) >= 11 is 5.95. The fourth-order valence-electron chi connectivity index (χ4n) is 2.19. The second kappa shape index (κ2) is 6.60. The van der Waals surface area contributed by atoms with Gasteiger partial charge in [0.1, 0.15) is 0 Å². The van der Waals surface area contributed by atoms with Crippen molar-refractivity contribution in [1.29, 1.82) is 0 Å². The molecule has 25 heavy (non-hydrogen) atoms. The summed E-state index contributed by atoms with van der Waals surface area (Å²) in [6.07, 6.45) is -2.98. The largest absolute Gasteiger partial charge is 0.416 e. The van der Waals surface area contributed by atoms with Crippen LogP contribution in [0, 0.1) is 0 Å². The minimum atomic E-state index is -4.44. The lowest BCUT2D eigenvalue weighted by Gasteiger charge is -2.08. The minimum absolute atomic E-state index is 0.197. The van der Waals surface area contributed by atoms with Crippen LogP contribution in [0.25, 0.3) is 5.69 Å². The smallest absolute Gasteiger partial charge is 0.305 e. The van der Waals surface area contributed by atoms with Crippen LogP contribution in [0.15, 0.2) is 60.8 Å². The van der Waals surface area contributed by atoms with Crippen molar-refractivity contribution in [2.75, 3.05) is 5.32 Å². The fourth-order valence-corrected chi connectivity index (χ4v) is 2.41.